The molecule has 1 aromatic carbocycles. The molecule has 1 atom stereocenters. The molecule has 1 N–H and O–H groups in total. The van der Waals surface area contributed by atoms with Gasteiger partial charge in [0.05, 0.1) is 19.3 Å². The topological polar surface area (TPSA) is 30.5 Å². The fourth-order valence-electron chi connectivity index (χ4n) is 3.09. The predicted molar refractivity (Wildman–Crippen MR) is 83.2 cm³/mol. The predicted octanol–water partition coefficient (Wildman–Crippen LogP) is 3.82. The quantitative estimate of drug-likeness (QED) is 0.827. The molecule has 2 aliphatic rings. The summed E-state index contributed by atoms with van der Waals surface area (Å²) in [7, 11) is 0. The Balaban J connectivity index is 1.49. The molecule has 1 aliphatic carbocycles. The number of halogens is 1. The minimum absolute atomic E-state index is 0.378. The highest BCUT2D eigenvalue weighted by Crippen LogP contribution is 2.33. The third-order valence-electron chi connectivity index (χ3n) is 4.16. The molecule has 1 aliphatic heterocycles. The first-order chi connectivity index (χ1) is 9.83. The van der Waals surface area contributed by atoms with Crippen LogP contribution in [0.2, 0.25) is 0 Å². The van der Waals surface area contributed by atoms with Gasteiger partial charge in [0.15, 0.2) is 0 Å². The lowest BCUT2D eigenvalue weighted by Gasteiger charge is -2.27. The van der Waals surface area contributed by atoms with E-state index in [1.165, 1.54) is 31.2 Å². The number of nitrogens with one attached hydrogen (secondary N) is 1. The zero-order chi connectivity index (χ0) is 13.8. The fourth-order valence-corrected chi connectivity index (χ4v) is 3.47. The van der Waals surface area contributed by atoms with Crippen LogP contribution < -0.4 is 10.1 Å². The van der Waals surface area contributed by atoms with Crippen molar-refractivity contribution in [3.63, 3.8) is 0 Å². The summed E-state index contributed by atoms with van der Waals surface area (Å²) in [6.45, 7) is 2.51. The Morgan fingerprint density at radius 1 is 1.25 bits per heavy atom. The number of ether oxygens (including phenoxy) is 2. The van der Waals surface area contributed by atoms with E-state index in [9.17, 15) is 0 Å². The standard InChI is InChI=1S/C16H22BrNO2/c17-12-5-6-16-14(11-12)15(7-9-20-16)18-8-10-19-13-3-1-2-4-13/h5-6,11,13,15,18H,1-4,7-10H2. The zero-order valence-electron chi connectivity index (χ0n) is 11.7. The maximum atomic E-state index is 5.90. The van der Waals surface area contributed by atoms with Gasteiger partial charge >= 0.3 is 0 Å². The monoisotopic (exact) mass is 339 g/mol. The molecule has 1 unspecified atom stereocenters. The van der Waals surface area contributed by atoms with Crippen molar-refractivity contribution in [2.24, 2.45) is 0 Å². The van der Waals surface area contributed by atoms with Crippen molar-refractivity contribution in [2.45, 2.75) is 44.2 Å². The molecule has 0 saturated heterocycles. The van der Waals surface area contributed by atoms with E-state index in [2.05, 4.69) is 27.3 Å². The second-order valence-corrected chi connectivity index (χ2v) is 6.52. The molecule has 0 bridgehead atoms. The lowest BCUT2D eigenvalue weighted by molar-refractivity contribution is 0.0583. The SMILES string of the molecule is Brc1ccc2c(c1)C(NCCOC1CCCC1)CCO2. The van der Waals surface area contributed by atoms with Crippen molar-refractivity contribution in [1.29, 1.82) is 0 Å². The van der Waals surface area contributed by atoms with Crippen LogP contribution in [-0.2, 0) is 4.74 Å². The lowest BCUT2D eigenvalue weighted by Crippen LogP contribution is -2.30. The molecular weight excluding hydrogens is 318 g/mol. The smallest absolute Gasteiger partial charge is 0.124 e. The Morgan fingerprint density at radius 2 is 2.10 bits per heavy atom. The van der Waals surface area contributed by atoms with Gasteiger partial charge in [-0.1, -0.05) is 28.8 Å². The minimum Gasteiger partial charge on any atom is -0.493 e. The Morgan fingerprint density at radius 3 is 2.95 bits per heavy atom. The van der Waals surface area contributed by atoms with Crippen LogP contribution >= 0.6 is 15.9 Å². The minimum atomic E-state index is 0.378. The van der Waals surface area contributed by atoms with Crippen LogP contribution in [0, 0.1) is 0 Å². The third-order valence-corrected chi connectivity index (χ3v) is 4.65. The van der Waals surface area contributed by atoms with Crippen molar-refractivity contribution < 1.29 is 9.47 Å². The molecule has 0 aromatic heterocycles. The van der Waals surface area contributed by atoms with Gasteiger partial charge in [-0.05, 0) is 31.0 Å². The molecule has 1 heterocycles. The number of benzene rings is 1. The average Bonchev–Trinajstić information content (AvgIpc) is 2.97. The maximum absolute atomic E-state index is 5.90. The molecule has 4 heteroatoms. The molecule has 3 nitrogen and oxygen atoms in total. The van der Waals surface area contributed by atoms with Crippen molar-refractivity contribution >= 4 is 15.9 Å². The van der Waals surface area contributed by atoms with Crippen LogP contribution in [0.15, 0.2) is 22.7 Å². The van der Waals surface area contributed by atoms with Crippen LogP contribution in [0.5, 0.6) is 5.75 Å². The molecule has 110 valence electrons. The van der Waals surface area contributed by atoms with Crippen molar-refractivity contribution in [1.82, 2.24) is 5.32 Å². The van der Waals surface area contributed by atoms with Gasteiger partial charge in [0, 0.05) is 29.0 Å². The fraction of sp³-hybridized carbons (Fsp3) is 0.625. The maximum Gasteiger partial charge on any atom is 0.124 e. The summed E-state index contributed by atoms with van der Waals surface area (Å²) < 4.78 is 12.7. The highest BCUT2D eigenvalue weighted by atomic mass is 79.9. The summed E-state index contributed by atoms with van der Waals surface area (Å²) in [6, 6.07) is 6.61. The van der Waals surface area contributed by atoms with E-state index in [-0.39, 0.29) is 0 Å². The molecule has 3 rings (SSSR count). The molecule has 1 saturated carbocycles. The highest BCUT2D eigenvalue weighted by Gasteiger charge is 2.21. The molecule has 0 radical (unpaired) electrons. The van der Waals surface area contributed by atoms with Crippen molar-refractivity contribution in [3.8, 4) is 5.75 Å². The van der Waals surface area contributed by atoms with Crippen LogP contribution in [0.4, 0.5) is 0 Å². The Bertz CT molecular complexity index is 446. The van der Waals surface area contributed by atoms with E-state index in [0.717, 1.165) is 36.4 Å². The Hall–Kier alpha value is -0.580. The summed E-state index contributed by atoms with van der Waals surface area (Å²) in [4.78, 5) is 0. The van der Waals surface area contributed by atoms with Gasteiger partial charge in [0.25, 0.3) is 0 Å². The van der Waals surface area contributed by atoms with E-state index >= 15 is 0 Å². The van der Waals surface area contributed by atoms with E-state index < -0.39 is 0 Å². The summed E-state index contributed by atoms with van der Waals surface area (Å²) in [5.41, 5.74) is 1.26. The van der Waals surface area contributed by atoms with Gasteiger partial charge in [-0.25, -0.2) is 0 Å². The van der Waals surface area contributed by atoms with Crippen molar-refractivity contribution in [2.75, 3.05) is 19.8 Å². The van der Waals surface area contributed by atoms with Crippen molar-refractivity contribution in [3.05, 3.63) is 28.2 Å². The van der Waals surface area contributed by atoms with Gasteiger partial charge in [0.2, 0.25) is 0 Å². The average molecular weight is 340 g/mol. The van der Waals surface area contributed by atoms with E-state index in [1.54, 1.807) is 0 Å². The zero-order valence-corrected chi connectivity index (χ0v) is 13.3. The van der Waals surface area contributed by atoms with Gasteiger partial charge in [-0.2, -0.15) is 0 Å². The second-order valence-electron chi connectivity index (χ2n) is 5.60. The van der Waals surface area contributed by atoms with Crippen LogP contribution in [0.1, 0.15) is 43.7 Å². The largest absolute Gasteiger partial charge is 0.493 e. The van der Waals surface area contributed by atoms with Gasteiger partial charge in [-0.3, -0.25) is 0 Å². The summed E-state index contributed by atoms with van der Waals surface area (Å²) >= 11 is 3.54. The molecule has 1 fully saturated rings. The van der Waals surface area contributed by atoms with E-state index in [4.69, 9.17) is 9.47 Å². The number of hydrogen-bond acceptors (Lipinski definition) is 3. The van der Waals surface area contributed by atoms with E-state index in [0.29, 0.717) is 12.1 Å². The first-order valence-electron chi connectivity index (χ1n) is 7.60. The van der Waals surface area contributed by atoms with Crippen LogP contribution in [-0.4, -0.2) is 25.9 Å². The third kappa shape index (κ3) is 3.54. The number of rotatable bonds is 5. The van der Waals surface area contributed by atoms with Crippen LogP contribution in [0.25, 0.3) is 0 Å². The first-order valence-corrected chi connectivity index (χ1v) is 8.39. The Kier molecular flexibility index (Phi) is 4.97. The first kappa shape index (κ1) is 14.4. The molecule has 0 spiro atoms. The normalized spacial score (nSPS) is 22.6. The van der Waals surface area contributed by atoms with E-state index in [1.807, 2.05) is 12.1 Å². The van der Waals surface area contributed by atoms with Gasteiger partial charge < -0.3 is 14.8 Å². The molecule has 1 aromatic rings. The van der Waals surface area contributed by atoms with Gasteiger partial charge in [0.1, 0.15) is 5.75 Å². The highest BCUT2D eigenvalue weighted by molar-refractivity contribution is 9.10. The molecular formula is C16H22BrNO2. The summed E-state index contributed by atoms with van der Waals surface area (Å²) in [5, 5.41) is 3.60. The summed E-state index contributed by atoms with van der Waals surface area (Å²) in [5.74, 6) is 1.01. The second kappa shape index (κ2) is 6.92. The molecule has 0 amide bonds. The molecule has 20 heavy (non-hydrogen) atoms. The number of fused-ring (bicyclic) bond motifs is 1. The van der Waals surface area contributed by atoms with Crippen LogP contribution in [0.3, 0.4) is 0 Å². The summed E-state index contributed by atoms with van der Waals surface area (Å²) in [6.07, 6.45) is 6.68. The number of hydrogen-bond donors (Lipinski definition) is 1. The Labute approximate surface area is 129 Å². The van der Waals surface area contributed by atoms with Gasteiger partial charge in [-0.15, -0.1) is 0 Å². The lowest BCUT2D eigenvalue weighted by atomic mass is 10.0.